The predicted molar refractivity (Wildman–Crippen MR) is 151 cm³/mol. The van der Waals surface area contributed by atoms with Gasteiger partial charge in [0.05, 0.1) is 12.3 Å². The number of aryl methyl sites for hydroxylation is 2. The van der Waals surface area contributed by atoms with Gasteiger partial charge in [-0.25, -0.2) is 9.97 Å². The number of pyridine rings is 2. The number of β-amino-alcohol motifs (C(OH)–C–C–N with tert-alkyl or cyclic N) is 1. The summed E-state index contributed by atoms with van der Waals surface area (Å²) in [7, 11) is 0. The molecule has 4 aromatic heterocycles. The van der Waals surface area contributed by atoms with Gasteiger partial charge in [-0.3, -0.25) is 9.58 Å². The van der Waals surface area contributed by atoms with Crippen LogP contribution in [0.1, 0.15) is 12.5 Å². The number of aliphatic hydroxyl groups excluding tert-OH is 1. The van der Waals surface area contributed by atoms with E-state index in [1.165, 1.54) is 5.56 Å². The average Bonchev–Trinajstić information content (AvgIpc) is 3.59. The molecule has 194 valence electrons. The van der Waals surface area contributed by atoms with Crippen molar-refractivity contribution in [1.29, 1.82) is 0 Å². The van der Waals surface area contributed by atoms with E-state index in [9.17, 15) is 5.11 Å². The Hall–Kier alpha value is -4.01. The number of piperazine rings is 1. The first-order valence-corrected chi connectivity index (χ1v) is 13.3. The Balaban J connectivity index is 1.16. The average molecular weight is 508 g/mol. The van der Waals surface area contributed by atoms with Gasteiger partial charge in [-0.15, -0.1) is 0 Å². The Labute approximate surface area is 222 Å². The number of hydrogen-bond donors (Lipinski definition) is 2. The van der Waals surface area contributed by atoms with Gasteiger partial charge in [-0.2, -0.15) is 5.10 Å². The van der Waals surface area contributed by atoms with E-state index in [-0.39, 0.29) is 6.10 Å². The van der Waals surface area contributed by atoms with E-state index in [0.717, 1.165) is 84.8 Å². The molecular formula is C30H33N7O. The Morgan fingerprint density at radius 3 is 2.50 bits per heavy atom. The third kappa shape index (κ3) is 5.32. The summed E-state index contributed by atoms with van der Waals surface area (Å²) in [4.78, 5) is 17.4. The highest BCUT2D eigenvalue weighted by molar-refractivity contribution is 5.95. The molecule has 0 saturated carbocycles. The first kappa shape index (κ1) is 24.3. The van der Waals surface area contributed by atoms with Crippen LogP contribution in [0.25, 0.3) is 33.3 Å². The summed E-state index contributed by atoms with van der Waals surface area (Å²) in [5.41, 5.74) is 6.42. The minimum Gasteiger partial charge on any atom is -0.392 e. The molecule has 0 bridgehead atoms. The van der Waals surface area contributed by atoms with Crippen molar-refractivity contribution in [3.63, 3.8) is 0 Å². The topological polar surface area (TPSA) is 86.1 Å². The molecule has 1 aliphatic heterocycles. The number of hydrogen-bond acceptors (Lipinski definition) is 6. The van der Waals surface area contributed by atoms with Crippen molar-refractivity contribution in [3.05, 3.63) is 85.1 Å². The number of aromatic nitrogens is 5. The van der Waals surface area contributed by atoms with Crippen LogP contribution in [-0.4, -0.2) is 73.6 Å². The Morgan fingerprint density at radius 2 is 1.74 bits per heavy atom. The quantitative estimate of drug-likeness (QED) is 0.327. The minimum absolute atomic E-state index is 0.290. The fourth-order valence-electron chi connectivity index (χ4n) is 5.19. The summed E-state index contributed by atoms with van der Waals surface area (Å²) in [6.45, 7) is 7.11. The maximum absolute atomic E-state index is 9.64. The molecule has 0 amide bonds. The number of rotatable bonds is 8. The second-order valence-corrected chi connectivity index (χ2v) is 10.1. The number of fused-ring (bicyclic) bond motifs is 1. The highest BCUT2D eigenvalue weighted by Gasteiger charge is 2.19. The van der Waals surface area contributed by atoms with Crippen LogP contribution in [0.15, 0.2) is 79.5 Å². The lowest BCUT2D eigenvalue weighted by Crippen LogP contribution is -2.48. The zero-order valence-corrected chi connectivity index (χ0v) is 21.7. The minimum atomic E-state index is -0.290. The molecule has 2 N–H and O–H groups in total. The summed E-state index contributed by atoms with van der Waals surface area (Å²) in [6, 6.07) is 16.9. The molecule has 1 atom stereocenters. The fraction of sp³-hybridized carbons (Fsp3) is 0.300. The summed E-state index contributed by atoms with van der Waals surface area (Å²) >= 11 is 0. The van der Waals surface area contributed by atoms with E-state index < -0.39 is 0 Å². The van der Waals surface area contributed by atoms with Gasteiger partial charge < -0.3 is 15.0 Å². The lowest BCUT2D eigenvalue weighted by molar-refractivity contribution is 0.122. The highest BCUT2D eigenvalue weighted by atomic mass is 16.3. The van der Waals surface area contributed by atoms with Crippen molar-refractivity contribution >= 4 is 16.9 Å². The Morgan fingerprint density at radius 1 is 0.921 bits per heavy atom. The van der Waals surface area contributed by atoms with Crippen molar-refractivity contribution in [2.24, 2.45) is 0 Å². The van der Waals surface area contributed by atoms with Crippen LogP contribution in [0.4, 0.5) is 5.82 Å². The van der Waals surface area contributed by atoms with Crippen molar-refractivity contribution in [2.75, 3.05) is 37.6 Å². The van der Waals surface area contributed by atoms with Crippen LogP contribution in [0.5, 0.6) is 0 Å². The van der Waals surface area contributed by atoms with Crippen molar-refractivity contribution in [2.45, 2.75) is 26.0 Å². The maximum Gasteiger partial charge on any atom is 0.137 e. The molecule has 1 saturated heterocycles. The largest absolute Gasteiger partial charge is 0.392 e. The molecule has 6 rings (SSSR count). The standard InChI is InChI=1S/C30H33N7O/c1-22(38)20-35-11-13-36(14-12-35)29-8-7-24(16-31-29)25-15-27-28(19-33-30(27)32-17-25)26-18-34-37(21-26)10-9-23-5-3-2-4-6-23/h2-8,15-19,21-22,38H,9-14,20H2,1H3,(H,32,33). The number of anilines is 1. The number of nitrogens with one attached hydrogen (secondary N) is 1. The number of nitrogens with zero attached hydrogens (tertiary/aromatic N) is 6. The van der Waals surface area contributed by atoms with Gasteiger partial charge in [0.25, 0.3) is 0 Å². The van der Waals surface area contributed by atoms with E-state index in [0.29, 0.717) is 0 Å². The maximum atomic E-state index is 9.64. The van der Waals surface area contributed by atoms with Crippen LogP contribution in [0.3, 0.4) is 0 Å². The molecule has 38 heavy (non-hydrogen) atoms. The second-order valence-electron chi connectivity index (χ2n) is 10.1. The van der Waals surface area contributed by atoms with Crippen LogP contribution in [0.2, 0.25) is 0 Å². The second kappa shape index (κ2) is 10.8. The van der Waals surface area contributed by atoms with E-state index in [1.807, 2.05) is 42.5 Å². The van der Waals surface area contributed by atoms with Gasteiger partial charge in [0.2, 0.25) is 0 Å². The summed E-state index contributed by atoms with van der Waals surface area (Å²) < 4.78 is 2.01. The molecule has 8 nitrogen and oxygen atoms in total. The smallest absolute Gasteiger partial charge is 0.137 e. The Kier molecular flexibility index (Phi) is 6.90. The van der Waals surface area contributed by atoms with Gasteiger partial charge in [0, 0.05) is 91.7 Å². The van der Waals surface area contributed by atoms with Crippen molar-refractivity contribution in [1.82, 2.24) is 29.6 Å². The molecular weight excluding hydrogens is 474 g/mol. The number of aromatic amines is 1. The van der Waals surface area contributed by atoms with Crippen molar-refractivity contribution < 1.29 is 5.11 Å². The molecule has 1 fully saturated rings. The van der Waals surface area contributed by atoms with Gasteiger partial charge in [0.1, 0.15) is 11.5 Å². The van der Waals surface area contributed by atoms with Gasteiger partial charge in [0.15, 0.2) is 0 Å². The Bertz CT molecular complexity index is 1480. The van der Waals surface area contributed by atoms with Crippen LogP contribution >= 0.6 is 0 Å². The number of H-pyrrole nitrogens is 1. The van der Waals surface area contributed by atoms with Gasteiger partial charge in [-0.1, -0.05) is 30.3 Å². The first-order chi connectivity index (χ1) is 18.6. The molecule has 5 aromatic rings. The van der Waals surface area contributed by atoms with E-state index in [1.54, 1.807) is 0 Å². The SMILES string of the molecule is CC(O)CN1CCN(c2ccc(-c3cnc4[nH]cc(-c5cnn(CCc6ccccc6)c5)c4c3)cn2)CC1. The molecule has 1 aliphatic rings. The molecule has 5 heterocycles. The van der Waals surface area contributed by atoms with E-state index >= 15 is 0 Å². The monoisotopic (exact) mass is 507 g/mol. The normalized spacial score (nSPS) is 15.3. The van der Waals surface area contributed by atoms with Crippen molar-refractivity contribution in [3.8, 4) is 22.3 Å². The highest BCUT2D eigenvalue weighted by Crippen LogP contribution is 2.31. The lowest BCUT2D eigenvalue weighted by atomic mass is 10.1. The number of aliphatic hydroxyl groups is 1. The molecule has 0 aliphatic carbocycles. The number of benzene rings is 1. The lowest BCUT2D eigenvalue weighted by Gasteiger charge is -2.35. The zero-order chi connectivity index (χ0) is 25.9. The van der Waals surface area contributed by atoms with Crippen LogP contribution in [-0.2, 0) is 13.0 Å². The predicted octanol–water partition coefficient (Wildman–Crippen LogP) is 4.23. The molecule has 0 radical (unpaired) electrons. The first-order valence-electron chi connectivity index (χ1n) is 13.3. The molecule has 0 spiro atoms. The molecule has 8 heteroatoms. The zero-order valence-electron chi connectivity index (χ0n) is 21.7. The summed E-state index contributed by atoms with van der Waals surface area (Å²) in [5.74, 6) is 0.990. The molecule has 1 unspecified atom stereocenters. The van der Waals surface area contributed by atoms with Crippen LogP contribution < -0.4 is 4.90 Å². The van der Waals surface area contributed by atoms with E-state index in [4.69, 9.17) is 4.98 Å². The third-order valence-electron chi connectivity index (χ3n) is 7.25. The molecule has 1 aromatic carbocycles. The summed E-state index contributed by atoms with van der Waals surface area (Å²) in [5, 5.41) is 15.3. The summed E-state index contributed by atoms with van der Waals surface area (Å²) in [6.07, 6.45) is 10.5. The fourth-order valence-corrected chi connectivity index (χ4v) is 5.19. The van der Waals surface area contributed by atoms with Gasteiger partial charge >= 0.3 is 0 Å². The third-order valence-corrected chi connectivity index (χ3v) is 7.25. The van der Waals surface area contributed by atoms with Gasteiger partial charge in [-0.05, 0) is 37.1 Å². The van der Waals surface area contributed by atoms with E-state index in [2.05, 4.69) is 73.5 Å². The van der Waals surface area contributed by atoms with Crippen LogP contribution in [0, 0.1) is 0 Å².